The van der Waals surface area contributed by atoms with Crippen LogP contribution in [0.15, 0.2) is 0 Å². The SMILES string of the molecule is CC(=O)NCC(CC(=O)O)C1CCCC(C)C1. The maximum atomic E-state index is 10.9. The number of hydrogen-bond donors (Lipinski definition) is 2. The number of rotatable bonds is 5. The summed E-state index contributed by atoms with van der Waals surface area (Å²) in [5.41, 5.74) is 0. The molecule has 1 aliphatic rings. The molecule has 0 aromatic carbocycles. The molecule has 1 rings (SSSR count). The van der Waals surface area contributed by atoms with Crippen molar-refractivity contribution >= 4 is 11.9 Å². The van der Waals surface area contributed by atoms with Crippen LogP contribution in [-0.4, -0.2) is 23.5 Å². The lowest BCUT2D eigenvalue weighted by Crippen LogP contribution is -2.34. The van der Waals surface area contributed by atoms with Gasteiger partial charge in [0.1, 0.15) is 0 Å². The smallest absolute Gasteiger partial charge is 0.303 e. The van der Waals surface area contributed by atoms with E-state index in [0.717, 1.165) is 12.8 Å². The van der Waals surface area contributed by atoms with E-state index in [1.165, 1.54) is 19.8 Å². The minimum absolute atomic E-state index is 0.0794. The van der Waals surface area contributed by atoms with Gasteiger partial charge in [-0.25, -0.2) is 0 Å². The van der Waals surface area contributed by atoms with Gasteiger partial charge in [-0.05, 0) is 24.2 Å². The van der Waals surface area contributed by atoms with Crippen molar-refractivity contribution in [2.24, 2.45) is 17.8 Å². The molecule has 2 N–H and O–H groups in total. The first-order valence-corrected chi connectivity index (χ1v) is 6.45. The molecule has 0 aromatic heterocycles. The van der Waals surface area contributed by atoms with Gasteiger partial charge in [0.15, 0.2) is 0 Å². The van der Waals surface area contributed by atoms with E-state index < -0.39 is 5.97 Å². The van der Waals surface area contributed by atoms with Crippen LogP contribution in [0.4, 0.5) is 0 Å². The van der Waals surface area contributed by atoms with Gasteiger partial charge in [-0.2, -0.15) is 0 Å². The van der Waals surface area contributed by atoms with Crippen LogP contribution in [-0.2, 0) is 9.59 Å². The minimum Gasteiger partial charge on any atom is -0.481 e. The van der Waals surface area contributed by atoms with Gasteiger partial charge in [0.05, 0.1) is 6.42 Å². The van der Waals surface area contributed by atoms with Gasteiger partial charge >= 0.3 is 5.97 Å². The summed E-state index contributed by atoms with van der Waals surface area (Å²) in [5, 5.41) is 11.7. The van der Waals surface area contributed by atoms with E-state index in [4.69, 9.17) is 5.11 Å². The number of carbonyl (C=O) groups is 2. The van der Waals surface area contributed by atoms with E-state index in [-0.39, 0.29) is 18.2 Å². The number of hydrogen-bond acceptors (Lipinski definition) is 2. The van der Waals surface area contributed by atoms with Crippen molar-refractivity contribution in [1.29, 1.82) is 0 Å². The standard InChI is InChI=1S/C13H23NO3/c1-9-4-3-5-11(6-9)12(7-13(16)17)8-14-10(2)15/h9,11-12H,3-8H2,1-2H3,(H,14,15)(H,16,17). The molecule has 4 nitrogen and oxygen atoms in total. The first-order valence-electron chi connectivity index (χ1n) is 6.45. The van der Waals surface area contributed by atoms with Crippen LogP contribution < -0.4 is 5.32 Å². The van der Waals surface area contributed by atoms with Crippen molar-refractivity contribution in [3.05, 3.63) is 0 Å². The minimum atomic E-state index is -0.765. The molecular weight excluding hydrogens is 218 g/mol. The summed E-state index contributed by atoms with van der Waals surface area (Å²) >= 11 is 0. The van der Waals surface area contributed by atoms with Gasteiger partial charge in [0.2, 0.25) is 5.91 Å². The Labute approximate surface area is 103 Å². The highest BCUT2D eigenvalue weighted by atomic mass is 16.4. The zero-order valence-electron chi connectivity index (χ0n) is 10.7. The van der Waals surface area contributed by atoms with Gasteiger partial charge in [0, 0.05) is 13.5 Å². The Bertz CT molecular complexity index is 278. The summed E-state index contributed by atoms with van der Waals surface area (Å²) in [6, 6.07) is 0. The summed E-state index contributed by atoms with van der Waals surface area (Å²) in [7, 11) is 0. The third kappa shape index (κ3) is 5.20. The molecule has 1 aliphatic carbocycles. The Morgan fingerprint density at radius 2 is 2.12 bits per heavy atom. The number of nitrogens with one attached hydrogen (secondary N) is 1. The summed E-state index contributed by atoms with van der Waals surface area (Å²) in [5.74, 6) is 0.367. The molecular formula is C13H23NO3. The molecule has 17 heavy (non-hydrogen) atoms. The van der Waals surface area contributed by atoms with Crippen molar-refractivity contribution in [1.82, 2.24) is 5.32 Å². The molecule has 1 saturated carbocycles. The second kappa shape index (κ2) is 6.62. The van der Waals surface area contributed by atoms with E-state index in [2.05, 4.69) is 12.2 Å². The summed E-state index contributed by atoms with van der Waals surface area (Å²) in [4.78, 5) is 21.8. The fourth-order valence-electron chi connectivity index (χ4n) is 2.81. The van der Waals surface area contributed by atoms with Crippen LogP contribution in [0.3, 0.4) is 0 Å². The maximum Gasteiger partial charge on any atom is 0.303 e. The van der Waals surface area contributed by atoms with E-state index in [1.807, 2.05) is 0 Å². The molecule has 0 radical (unpaired) electrons. The van der Waals surface area contributed by atoms with Gasteiger partial charge in [-0.3, -0.25) is 9.59 Å². The van der Waals surface area contributed by atoms with E-state index >= 15 is 0 Å². The summed E-state index contributed by atoms with van der Waals surface area (Å²) in [6.45, 7) is 4.20. The van der Waals surface area contributed by atoms with Crippen LogP contribution in [0.1, 0.15) is 46.0 Å². The highest BCUT2D eigenvalue weighted by molar-refractivity contribution is 5.73. The predicted molar refractivity (Wildman–Crippen MR) is 65.5 cm³/mol. The summed E-state index contributed by atoms with van der Waals surface area (Å²) < 4.78 is 0. The second-order valence-electron chi connectivity index (χ2n) is 5.33. The van der Waals surface area contributed by atoms with Gasteiger partial charge < -0.3 is 10.4 Å². The zero-order chi connectivity index (χ0) is 12.8. The molecule has 4 heteroatoms. The van der Waals surface area contributed by atoms with Crippen molar-refractivity contribution < 1.29 is 14.7 Å². The van der Waals surface area contributed by atoms with Gasteiger partial charge in [0.25, 0.3) is 0 Å². The summed E-state index contributed by atoms with van der Waals surface area (Å²) in [6.07, 6.45) is 4.79. The molecule has 1 amide bonds. The van der Waals surface area contributed by atoms with E-state index in [9.17, 15) is 9.59 Å². The fraction of sp³-hybridized carbons (Fsp3) is 0.846. The number of amides is 1. The average Bonchev–Trinajstić information content (AvgIpc) is 2.23. The van der Waals surface area contributed by atoms with Crippen molar-refractivity contribution in [3.8, 4) is 0 Å². The van der Waals surface area contributed by atoms with Gasteiger partial charge in [-0.15, -0.1) is 0 Å². The van der Waals surface area contributed by atoms with Crippen LogP contribution >= 0.6 is 0 Å². The molecule has 0 spiro atoms. The third-order valence-electron chi connectivity index (χ3n) is 3.69. The molecule has 1 fully saturated rings. The van der Waals surface area contributed by atoms with E-state index in [0.29, 0.717) is 18.4 Å². The molecule has 0 bridgehead atoms. The molecule has 0 aliphatic heterocycles. The van der Waals surface area contributed by atoms with E-state index in [1.54, 1.807) is 0 Å². The highest BCUT2D eigenvalue weighted by Gasteiger charge is 2.28. The molecule has 0 saturated heterocycles. The quantitative estimate of drug-likeness (QED) is 0.774. The topological polar surface area (TPSA) is 66.4 Å². The first kappa shape index (κ1) is 14.0. The molecule has 0 heterocycles. The van der Waals surface area contributed by atoms with Crippen LogP contribution in [0, 0.1) is 17.8 Å². The maximum absolute atomic E-state index is 10.9. The Morgan fingerprint density at radius 3 is 2.65 bits per heavy atom. The predicted octanol–water partition coefficient (Wildman–Crippen LogP) is 2.04. The second-order valence-corrected chi connectivity index (χ2v) is 5.33. The Balaban J connectivity index is 2.53. The molecule has 3 unspecified atom stereocenters. The largest absolute Gasteiger partial charge is 0.481 e. The lowest BCUT2D eigenvalue weighted by molar-refractivity contribution is -0.139. The van der Waals surface area contributed by atoms with Crippen molar-refractivity contribution in [2.75, 3.05) is 6.54 Å². The molecule has 98 valence electrons. The molecule has 3 atom stereocenters. The number of carbonyl (C=O) groups excluding carboxylic acids is 1. The Kier molecular flexibility index (Phi) is 5.45. The Morgan fingerprint density at radius 1 is 1.41 bits per heavy atom. The van der Waals surface area contributed by atoms with Crippen molar-refractivity contribution in [2.45, 2.75) is 46.0 Å². The van der Waals surface area contributed by atoms with Crippen LogP contribution in [0.2, 0.25) is 0 Å². The van der Waals surface area contributed by atoms with Gasteiger partial charge in [-0.1, -0.05) is 26.2 Å². The fourth-order valence-corrected chi connectivity index (χ4v) is 2.81. The Hall–Kier alpha value is -1.06. The third-order valence-corrected chi connectivity index (χ3v) is 3.69. The number of aliphatic carboxylic acids is 1. The molecule has 0 aromatic rings. The monoisotopic (exact) mass is 241 g/mol. The first-order chi connectivity index (χ1) is 7.99. The van der Waals surface area contributed by atoms with Crippen molar-refractivity contribution in [3.63, 3.8) is 0 Å². The average molecular weight is 241 g/mol. The lowest BCUT2D eigenvalue weighted by Gasteiger charge is -2.32. The van der Waals surface area contributed by atoms with Crippen LogP contribution in [0.5, 0.6) is 0 Å². The normalized spacial score (nSPS) is 26.2. The number of carboxylic acids is 1. The number of carboxylic acid groups (broad SMARTS) is 1. The lowest BCUT2D eigenvalue weighted by atomic mass is 9.74. The van der Waals surface area contributed by atoms with Crippen LogP contribution in [0.25, 0.3) is 0 Å². The highest BCUT2D eigenvalue weighted by Crippen LogP contribution is 2.34. The zero-order valence-corrected chi connectivity index (χ0v) is 10.7.